The van der Waals surface area contributed by atoms with Gasteiger partial charge in [0.05, 0.1) is 12.7 Å². The number of unbranched alkanes of at least 4 members (excludes halogenated alkanes) is 2. The van der Waals surface area contributed by atoms with Gasteiger partial charge in [-0.05, 0) is 66.3 Å². The summed E-state index contributed by atoms with van der Waals surface area (Å²) in [6.45, 7) is 4.91. The molecule has 1 nitrogen and oxygen atoms in total. The van der Waals surface area contributed by atoms with Gasteiger partial charge in [-0.25, -0.2) is 13.2 Å². The molecule has 3 aromatic rings. The molecule has 0 radical (unpaired) electrons. The highest BCUT2D eigenvalue weighted by Crippen LogP contribution is 2.36. The summed E-state index contributed by atoms with van der Waals surface area (Å²) in [7, 11) is 0. The number of rotatable bonds is 10. The van der Waals surface area contributed by atoms with Gasteiger partial charge in [0.25, 0.3) is 0 Å². The van der Waals surface area contributed by atoms with Gasteiger partial charge >= 0.3 is 0 Å². The number of ether oxygens (including phenoxy) is 1. The van der Waals surface area contributed by atoms with Crippen molar-refractivity contribution in [2.24, 2.45) is 5.92 Å². The zero-order valence-electron chi connectivity index (χ0n) is 21.9. The Morgan fingerprint density at radius 2 is 1.57 bits per heavy atom. The van der Waals surface area contributed by atoms with E-state index in [1.807, 2.05) is 43.3 Å². The second-order valence-corrected chi connectivity index (χ2v) is 10.1. The van der Waals surface area contributed by atoms with E-state index >= 15 is 4.39 Å². The van der Waals surface area contributed by atoms with Crippen LogP contribution in [0.5, 0.6) is 0 Å². The molecule has 0 saturated carbocycles. The van der Waals surface area contributed by atoms with Crippen LogP contribution in [0.4, 0.5) is 13.2 Å². The Labute approximate surface area is 219 Å². The first kappa shape index (κ1) is 27.2. The molecule has 0 spiro atoms. The third-order valence-electron chi connectivity index (χ3n) is 7.37. The maximum absolute atomic E-state index is 15.1. The third kappa shape index (κ3) is 6.73. The van der Waals surface area contributed by atoms with Crippen LogP contribution in [0.15, 0.2) is 66.7 Å². The summed E-state index contributed by atoms with van der Waals surface area (Å²) in [6.07, 6.45) is 11.6. The molecular formula is C33H37F3O. The molecule has 2 unspecified atom stereocenters. The quantitative estimate of drug-likeness (QED) is 0.196. The normalized spacial score (nSPS) is 18.0. The van der Waals surface area contributed by atoms with Gasteiger partial charge < -0.3 is 4.74 Å². The zero-order chi connectivity index (χ0) is 26.2. The van der Waals surface area contributed by atoms with Gasteiger partial charge in [-0.3, -0.25) is 0 Å². The minimum atomic E-state index is -0.842. The van der Waals surface area contributed by atoms with Crippen molar-refractivity contribution in [3.05, 3.63) is 95.3 Å². The molecule has 0 bridgehead atoms. The van der Waals surface area contributed by atoms with E-state index in [0.717, 1.165) is 30.4 Å². The van der Waals surface area contributed by atoms with Crippen molar-refractivity contribution in [2.75, 3.05) is 6.61 Å². The summed E-state index contributed by atoms with van der Waals surface area (Å²) < 4.78 is 50.5. The Morgan fingerprint density at radius 1 is 0.811 bits per heavy atom. The zero-order valence-corrected chi connectivity index (χ0v) is 21.9. The Morgan fingerprint density at radius 3 is 2.24 bits per heavy atom. The number of allylic oxidation sites excluding steroid dienone is 2. The van der Waals surface area contributed by atoms with Crippen LogP contribution in [-0.2, 0) is 11.2 Å². The van der Waals surface area contributed by atoms with E-state index in [-0.39, 0.29) is 17.5 Å². The lowest BCUT2D eigenvalue weighted by Crippen LogP contribution is -2.21. The molecule has 1 aliphatic heterocycles. The van der Waals surface area contributed by atoms with Gasteiger partial charge in [-0.1, -0.05) is 93.8 Å². The molecule has 196 valence electrons. The Hall–Kier alpha value is -2.85. The van der Waals surface area contributed by atoms with Crippen LogP contribution in [0, 0.1) is 23.4 Å². The molecule has 37 heavy (non-hydrogen) atoms. The molecular weight excluding hydrogens is 469 g/mol. The summed E-state index contributed by atoms with van der Waals surface area (Å²) in [4.78, 5) is 0. The number of hydrogen-bond acceptors (Lipinski definition) is 1. The average Bonchev–Trinajstić information content (AvgIpc) is 2.92. The van der Waals surface area contributed by atoms with Crippen molar-refractivity contribution in [3.8, 4) is 22.3 Å². The fourth-order valence-electron chi connectivity index (χ4n) is 5.12. The van der Waals surface area contributed by atoms with Crippen LogP contribution in [0.25, 0.3) is 22.3 Å². The second-order valence-electron chi connectivity index (χ2n) is 10.1. The Bertz CT molecular complexity index is 1190. The van der Waals surface area contributed by atoms with E-state index in [1.54, 1.807) is 30.3 Å². The van der Waals surface area contributed by atoms with E-state index in [1.165, 1.54) is 25.7 Å². The maximum Gasteiger partial charge on any atom is 0.166 e. The average molecular weight is 507 g/mol. The molecule has 0 aliphatic carbocycles. The molecule has 0 N–H and O–H groups in total. The molecule has 4 rings (SSSR count). The third-order valence-corrected chi connectivity index (χ3v) is 7.37. The van der Waals surface area contributed by atoms with Crippen LogP contribution < -0.4 is 0 Å². The van der Waals surface area contributed by atoms with Gasteiger partial charge in [-0.15, -0.1) is 0 Å². The summed E-state index contributed by atoms with van der Waals surface area (Å²) >= 11 is 0. The molecule has 1 aliphatic rings. The van der Waals surface area contributed by atoms with Crippen molar-refractivity contribution in [1.82, 2.24) is 0 Å². The first-order valence-electron chi connectivity index (χ1n) is 13.7. The van der Waals surface area contributed by atoms with Crippen molar-refractivity contribution < 1.29 is 17.9 Å². The molecule has 1 saturated heterocycles. The standard InChI is InChI=1S/C33H37F3O/c1-3-5-7-9-23-11-20-31(37-22-23)29-19-17-27(21-30(29)34)24-12-14-25(15-13-24)28-18-16-26(10-8-6-4-2)32(35)33(28)36/h6,8,12-19,21,23,31H,3-5,7,9-11,20,22H2,1-2H3/b8-6-. The van der Waals surface area contributed by atoms with Crippen molar-refractivity contribution >= 4 is 0 Å². The second kappa shape index (κ2) is 13.1. The maximum atomic E-state index is 15.1. The molecule has 1 fully saturated rings. The molecule has 1 heterocycles. The molecule has 2 atom stereocenters. The first-order chi connectivity index (χ1) is 18.0. The highest BCUT2D eigenvalue weighted by molar-refractivity contribution is 5.71. The Kier molecular flexibility index (Phi) is 9.62. The summed E-state index contributed by atoms with van der Waals surface area (Å²) in [5.74, 6) is -1.34. The highest BCUT2D eigenvalue weighted by atomic mass is 19.2. The van der Waals surface area contributed by atoms with Crippen molar-refractivity contribution in [2.45, 2.75) is 71.3 Å². The fourth-order valence-corrected chi connectivity index (χ4v) is 5.12. The predicted molar refractivity (Wildman–Crippen MR) is 146 cm³/mol. The number of benzene rings is 3. The van der Waals surface area contributed by atoms with Gasteiger partial charge in [0, 0.05) is 11.1 Å². The predicted octanol–water partition coefficient (Wildman–Crippen LogP) is 9.99. The summed E-state index contributed by atoms with van der Waals surface area (Å²) in [5.41, 5.74) is 3.31. The first-order valence-corrected chi connectivity index (χ1v) is 13.7. The van der Waals surface area contributed by atoms with E-state index < -0.39 is 11.6 Å². The number of hydrogen-bond donors (Lipinski definition) is 0. The Balaban J connectivity index is 1.43. The van der Waals surface area contributed by atoms with Gasteiger partial charge in [0.15, 0.2) is 11.6 Å². The fraction of sp³-hybridized carbons (Fsp3) is 0.394. The van der Waals surface area contributed by atoms with E-state index in [4.69, 9.17) is 4.74 Å². The van der Waals surface area contributed by atoms with Crippen LogP contribution in [0.1, 0.15) is 76.0 Å². The molecule has 0 amide bonds. The molecule has 0 aromatic heterocycles. The highest BCUT2D eigenvalue weighted by Gasteiger charge is 2.25. The van der Waals surface area contributed by atoms with E-state index in [2.05, 4.69) is 6.92 Å². The van der Waals surface area contributed by atoms with E-state index in [9.17, 15) is 8.78 Å². The molecule has 3 aromatic carbocycles. The SMILES string of the molecule is CC/C=C\Cc1ccc(-c2ccc(-c3ccc(C4CCC(CCCCC)CO4)c(F)c3)cc2)c(F)c1F. The lowest BCUT2D eigenvalue weighted by molar-refractivity contribution is -0.0215. The minimum Gasteiger partial charge on any atom is -0.373 e. The number of halogens is 3. The minimum absolute atomic E-state index is 0.197. The topological polar surface area (TPSA) is 9.23 Å². The molecule has 4 heteroatoms. The van der Waals surface area contributed by atoms with Crippen LogP contribution >= 0.6 is 0 Å². The smallest absolute Gasteiger partial charge is 0.166 e. The lowest BCUT2D eigenvalue weighted by Gasteiger charge is -2.29. The van der Waals surface area contributed by atoms with Gasteiger partial charge in [0.1, 0.15) is 5.82 Å². The summed E-state index contributed by atoms with van der Waals surface area (Å²) in [5, 5.41) is 0. The summed E-state index contributed by atoms with van der Waals surface area (Å²) in [6, 6.07) is 15.7. The van der Waals surface area contributed by atoms with Crippen LogP contribution in [0.2, 0.25) is 0 Å². The van der Waals surface area contributed by atoms with E-state index in [0.29, 0.717) is 35.6 Å². The van der Waals surface area contributed by atoms with Gasteiger partial charge in [-0.2, -0.15) is 0 Å². The van der Waals surface area contributed by atoms with Crippen LogP contribution in [0.3, 0.4) is 0 Å². The lowest BCUT2D eigenvalue weighted by atomic mass is 9.90. The monoisotopic (exact) mass is 506 g/mol. The largest absolute Gasteiger partial charge is 0.373 e. The van der Waals surface area contributed by atoms with Gasteiger partial charge in [0.2, 0.25) is 0 Å². The van der Waals surface area contributed by atoms with Crippen LogP contribution in [-0.4, -0.2) is 6.61 Å². The van der Waals surface area contributed by atoms with Crippen molar-refractivity contribution in [1.29, 1.82) is 0 Å². The van der Waals surface area contributed by atoms with Crippen molar-refractivity contribution in [3.63, 3.8) is 0 Å².